The Morgan fingerprint density at radius 2 is 2.15 bits per heavy atom. The maximum Gasteiger partial charge on any atom is 0.457 e. The van der Waals surface area contributed by atoms with Crippen LogP contribution in [0.4, 0.5) is 0 Å². The minimum Gasteiger partial charge on any atom is -0.479 e. The predicted molar refractivity (Wildman–Crippen MR) is 111 cm³/mol. The van der Waals surface area contributed by atoms with Gasteiger partial charge in [0.15, 0.2) is 10.6 Å². The van der Waals surface area contributed by atoms with Crippen LogP contribution >= 0.6 is 32.7 Å². The van der Waals surface area contributed by atoms with Gasteiger partial charge in [-0.3, -0.25) is 4.79 Å². The first-order valence-electron chi connectivity index (χ1n) is 9.44. The Hall–Kier alpha value is -0.315. The molecule has 4 nitrogen and oxygen atoms in total. The summed E-state index contributed by atoms with van der Waals surface area (Å²) in [6.45, 7) is 4.70. The van der Waals surface area contributed by atoms with E-state index < -0.39 is 4.84 Å². The van der Waals surface area contributed by atoms with Gasteiger partial charge in [0.2, 0.25) is 0 Å². The van der Waals surface area contributed by atoms with Gasteiger partial charge in [-0.1, -0.05) is 49.2 Å². The van der Waals surface area contributed by atoms with Crippen LogP contribution in [0.2, 0.25) is 6.32 Å². The van der Waals surface area contributed by atoms with Crippen LogP contribution in [0.25, 0.3) is 0 Å². The minimum atomic E-state index is -1.11. The molecule has 3 aliphatic carbocycles. The fraction of sp³-hybridized carbons (Fsp3) is 0.632. The van der Waals surface area contributed by atoms with E-state index in [1.165, 1.54) is 6.42 Å². The SMILES string of the molecule is CC1(C)C2C[C@H]1CC1OB(CCc3cccc(C(=O)C(Cl)Cl)c3OP)OC12. The van der Waals surface area contributed by atoms with Crippen molar-refractivity contribution in [3.63, 3.8) is 0 Å². The molecule has 1 aromatic rings. The Labute approximate surface area is 173 Å². The monoisotopic (exact) mass is 428 g/mol. The lowest BCUT2D eigenvalue weighted by Crippen LogP contribution is -2.59. The van der Waals surface area contributed by atoms with Crippen molar-refractivity contribution in [2.75, 3.05) is 0 Å². The summed E-state index contributed by atoms with van der Waals surface area (Å²) >= 11 is 11.5. The van der Waals surface area contributed by atoms with E-state index in [1.807, 2.05) is 12.1 Å². The first-order chi connectivity index (χ1) is 12.8. The van der Waals surface area contributed by atoms with Gasteiger partial charge < -0.3 is 13.8 Å². The van der Waals surface area contributed by atoms with Gasteiger partial charge in [0.25, 0.3) is 0 Å². The third-order valence-corrected chi connectivity index (χ3v) is 7.42. The van der Waals surface area contributed by atoms with Gasteiger partial charge in [0, 0.05) is 0 Å². The Kier molecular flexibility index (Phi) is 5.55. The van der Waals surface area contributed by atoms with Crippen molar-refractivity contribution in [1.29, 1.82) is 0 Å². The second-order valence-electron chi connectivity index (χ2n) is 8.42. The van der Waals surface area contributed by atoms with E-state index in [2.05, 4.69) is 23.3 Å². The Balaban J connectivity index is 1.43. The molecule has 5 rings (SSSR count). The highest BCUT2D eigenvalue weighted by Crippen LogP contribution is 2.61. The van der Waals surface area contributed by atoms with E-state index in [0.717, 1.165) is 17.9 Å². The molecule has 1 aromatic carbocycles. The number of carbonyl (C=O) groups excluding carboxylic acids is 1. The highest BCUT2D eigenvalue weighted by Gasteiger charge is 2.61. The summed E-state index contributed by atoms with van der Waals surface area (Å²) in [6, 6.07) is 5.43. The number of para-hydroxylation sites is 1. The fourth-order valence-electron chi connectivity index (χ4n) is 5.05. The number of aryl methyl sites for hydroxylation is 1. The summed E-state index contributed by atoms with van der Waals surface area (Å²) in [5.74, 6) is 1.49. The summed E-state index contributed by atoms with van der Waals surface area (Å²) in [4.78, 5) is 11.1. The smallest absolute Gasteiger partial charge is 0.457 e. The molecule has 0 radical (unpaired) electrons. The van der Waals surface area contributed by atoms with Gasteiger partial charge in [-0.25, -0.2) is 0 Å². The Bertz CT molecular complexity index is 744. The van der Waals surface area contributed by atoms with E-state index in [0.29, 0.717) is 35.4 Å². The fourth-order valence-corrected chi connectivity index (χ4v) is 5.56. The molecule has 0 aromatic heterocycles. The van der Waals surface area contributed by atoms with Crippen molar-refractivity contribution in [3.8, 4) is 5.75 Å². The van der Waals surface area contributed by atoms with E-state index in [4.69, 9.17) is 37.0 Å². The van der Waals surface area contributed by atoms with Gasteiger partial charge >= 0.3 is 7.12 Å². The number of hydrogen-bond acceptors (Lipinski definition) is 4. The molecule has 5 atom stereocenters. The van der Waals surface area contributed by atoms with Crippen molar-refractivity contribution in [2.45, 2.75) is 56.5 Å². The molecular formula is C19H24BCl2O4P. The third-order valence-electron chi connectivity index (χ3n) is 6.79. The first-order valence-corrected chi connectivity index (χ1v) is 10.8. The molecule has 2 bridgehead atoms. The van der Waals surface area contributed by atoms with E-state index >= 15 is 0 Å². The second kappa shape index (κ2) is 7.50. The number of carbonyl (C=O) groups is 1. The topological polar surface area (TPSA) is 44.8 Å². The normalized spacial score (nSPS) is 30.8. The van der Waals surface area contributed by atoms with Crippen molar-refractivity contribution in [1.82, 2.24) is 0 Å². The van der Waals surface area contributed by atoms with Crippen LogP contribution in [-0.2, 0) is 15.7 Å². The van der Waals surface area contributed by atoms with Crippen molar-refractivity contribution in [2.24, 2.45) is 17.3 Å². The summed E-state index contributed by atoms with van der Waals surface area (Å²) in [5.41, 5.74) is 1.67. The second-order valence-corrected chi connectivity index (χ2v) is 9.75. The number of alkyl halides is 2. The van der Waals surface area contributed by atoms with E-state index in [9.17, 15) is 4.79 Å². The molecule has 0 N–H and O–H groups in total. The number of halogens is 2. The number of benzene rings is 1. The largest absolute Gasteiger partial charge is 0.479 e. The molecular weight excluding hydrogens is 405 g/mol. The van der Waals surface area contributed by atoms with E-state index in [1.54, 1.807) is 6.07 Å². The summed E-state index contributed by atoms with van der Waals surface area (Å²) in [5, 5.41) is 0. The molecule has 3 saturated carbocycles. The van der Waals surface area contributed by atoms with Crippen molar-refractivity contribution in [3.05, 3.63) is 29.3 Å². The van der Waals surface area contributed by atoms with Crippen LogP contribution in [-0.4, -0.2) is 29.9 Å². The molecule has 4 aliphatic rings. The number of rotatable bonds is 6. The minimum absolute atomic E-state index is 0.208. The van der Waals surface area contributed by atoms with Crippen LogP contribution in [0.3, 0.4) is 0 Å². The van der Waals surface area contributed by atoms with Crippen LogP contribution in [0.1, 0.15) is 42.6 Å². The molecule has 1 aliphatic heterocycles. The number of Topliss-reactive ketones (excluding diaryl/α,β-unsaturated/α-hetero) is 1. The van der Waals surface area contributed by atoms with Gasteiger partial charge in [-0.05, 0) is 54.5 Å². The average molecular weight is 429 g/mol. The summed E-state index contributed by atoms with van der Waals surface area (Å²) in [6.07, 6.45) is 4.20. The van der Waals surface area contributed by atoms with Crippen LogP contribution in [0.15, 0.2) is 18.2 Å². The summed E-state index contributed by atoms with van der Waals surface area (Å²) in [7, 11) is 1.99. The maximum absolute atomic E-state index is 12.2. The maximum atomic E-state index is 12.2. The molecule has 1 saturated heterocycles. The average Bonchev–Trinajstić information content (AvgIpc) is 3.07. The zero-order valence-electron chi connectivity index (χ0n) is 15.5. The molecule has 4 unspecified atom stereocenters. The standard InChI is InChI=1S/C19H24BCl2O4P/c1-19(2)11-8-13(19)17-14(9-11)24-20(25-17)7-6-10-4-3-5-12(16(10)26-27)15(23)18(21)22/h3-5,11,13-14,17-18H,6-9,27H2,1-2H3/t11-,13?,14?,17?/m0/s1. The van der Waals surface area contributed by atoms with Gasteiger partial charge in [0.1, 0.15) is 5.75 Å². The highest BCUT2D eigenvalue weighted by atomic mass is 35.5. The lowest BCUT2D eigenvalue weighted by atomic mass is 9.47. The number of hydrogen-bond donors (Lipinski definition) is 0. The Morgan fingerprint density at radius 3 is 2.81 bits per heavy atom. The van der Waals surface area contributed by atoms with Crippen LogP contribution < -0.4 is 4.52 Å². The Morgan fingerprint density at radius 1 is 1.37 bits per heavy atom. The third kappa shape index (κ3) is 3.44. The molecule has 4 fully saturated rings. The van der Waals surface area contributed by atoms with Gasteiger partial charge in [-0.15, -0.1) is 0 Å². The number of ketones is 1. The molecule has 146 valence electrons. The van der Waals surface area contributed by atoms with Gasteiger partial charge in [0.05, 0.1) is 27.2 Å². The lowest BCUT2D eigenvalue weighted by Gasteiger charge is -2.60. The molecule has 1 heterocycles. The highest BCUT2D eigenvalue weighted by molar-refractivity contribution is 7.10. The van der Waals surface area contributed by atoms with E-state index in [-0.39, 0.29) is 25.1 Å². The first kappa shape index (κ1) is 20.0. The zero-order chi connectivity index (χ0) is 19.3. The lowest BCUT2D eigenvalue weighted by molar-refractivity contribution is -0.150. The molecule has 27 heavy (non-hydrogen) atoms. The van der Waals surface area contributed by atoms with Crippen LogP contribution in [0, 0.1) is 17.3 Å². The summed E-state index contributed by atoms with van der Waals surface area (Å²) < 4.78 is 17.9. The molecule has 8 heteroatoms. The molecule has 0 spiro atoms. The predicted octanol–water partition coefficient (Wildman–Crippen LogP) is 4.72. The molecule has 0 amide bonds. The quantitative estimate of drug-likeness (QED) is 0.284. The zero-order valence-corrected chi connectivity index (χ0v) is 18.2. The van der Waals surface area contributed by atoms with Crippen LogP contribution in [0.5, 0.6) is 5.75 Å². The van der Waals surface area contributed by atoms with Gasteiger partial charge in [-0.2, -0.15) is 0 Å². The van der Waals surface area contributed by atoms with Crippen molar-refractivity contribution >= 4 is 45.6 Å². The van der Waals surface area contributed by atoms with Crippen molar-refractivity contribution < 1.29 is 18.6 Å².